The number of carboxylic acids is 2. The third-order valence-corrected chi connectivity index (χ3v) is 12.2. The Morgan fingerprint density at radius 2 is 1.35 bits per heavy atom. The molecule has 9 heteroatoms. The fraction of sp³-hybridized carbons (Fsp3) is 0.529. The predicted octanol–water partition coefficient (Wildman–Crippen LogP) is 12.4. The van der Waals surface area contributed by atoms with Crippen LogP contribution in [0.3, 0.4) is 0 Å². The number of hydrogen-bond donors (Lipinski definition) is 2. The molecule has 0 saturated carbocycles. The van der Waals surface area contributed by atoms with E-state index in [1.807, 2.05) is 51.1 Å². The molecule has 0 spiro atoms. The van der Waals surface area contributed by atoms with Crippen LogP contribution in [0, 0.1) is 38.5 Å². The molecule has 3 aromatic carbocycles. The number of esters is 2. The van der Waals surface area contributed by atoms with Gasteiger partial charge in [-0.1, -0.05) is 109 Å². The Bertz CT molecular complexity index is 1990. The summed E-state index contributed by atoms with van der Waals surface area (Å²) in [6.07, 6.45) is 14.5. The zero-order valence-electron chi connectivity index (χ0n) is 37.6. The van der Waals surface area contributed by atoms with E-state index >= 15 is 0 Å². The molecule has 5 unspecified atom stereocenters. The van der Waals surface area contributed by atoms with Crippen molar-refractivity contribution in [1.82, 2.24) is 0 Å². The van der Waals surface area contributed by atoms with E-state index in [-0.39, 0.29) is 17.4 Å². The molecule has 2 N–H and O–H groups in total. The quantitative estimate of drug-likeness (QED) is 0.0611. The molecule has 1 aliphatic rings. The average Bonchev–Trinajstić information content (AvgIpc) is 3.14. The fourth-order valence-corrected chi connectivity index (χ4v) is 9.08. The van der Waals surface area contributed by atoms with Gasteiger partial charge in [0, 0.05) is 31.4 Å². The number of carbonyl (C=O) groups is 4. The van der Waals surface area contributed by atoms with Crippen molar-refractivity contribution in [1.29, 1.82) is 0 Å². The van der Waals surface area contributed by atoms with Gasteiger partial charge in [-0.05, 0) is 116 Å². The van der Waals surface area contributed by atoms with Crippen molar-refractivity contribution >= 4 is 36.0 Å². The summed E-state index contributed by atoms with van der Waals surface area (Å²) in [5.74, 6) is -1.44. The number of fused-ring (bicyclic) bond motifs is 1. The van der Waals surface area contributed by atoms with E-state index in [1.54, 1.807) is 12.1 Å². The van der Waals surface area contributed by atoms with Gasteiger partial charge in [0.1, 0.15) is 22.8 Å². The van der Waals surface area contributed by atoms with E-state index in [1.165, 1.54) is 58.4 Å². The van der Waals surface area contributed by atoms with Crippen molar-refractivity contribution in [2.45, 2.75) is 157 Å². The minimum Gasteiger partial charge on any atom is -0.487 e. The molecular weight excluding hydrogens is 757 g/mol. The van der Waals surface area contributed by atoms with Crippen molar-refractivity contribution in [3.8, 4) is 17.2 Å². The number of carbonyl (C=O) groups excluding carboxylic acids is 2. The molecule has 0 aliphatic carbocycles. The average molecular weight is 825 g/mol. The normalized spacial score (nSPS) is 17.8. The Kier molecular flexibility index (Phi) is 17.2. The van der Waals surface area contributed by atoms with Crippen molar-refractivity contribution in [2.75, 3.05) is 0 Å². The van der Waals surface area contributed by atoms with Crippen molar-refractivity contribution in [2.24, 2.45) is 17.8 Å². The first kappa shape index (κ1) is 47.8. The summed E-state index contributed by atoms with van der Waals surface area (Å²) in [4.78, 5) is 48.3. The molecule has 60 heavy (non-hydrogen) atoms. The highest BCUT2D eigenvalue weighted by molar-refractivity contribution is 5.84. The van der Waals surface area contributed by atoms with Crippen molar-refractivity contribution < 1.29 is 43.6 Å². The van der Waals surface area contributed by atoms with Gasteiger partial charge in [0.2, 0.25) is 0 Å². The summed E-state index contributed by atoms with van der Waals surface area (Å²) >= 11 is 0. The summed E-state index contributed by atoms with van der Waals surface area (Å²) in [5.41, 5.74) is 5.74. The van der Waals surface area contributed by atoms with Crippen LogP contribution in [-0.4, -0.2) is 39.7 Å². The molecule has 0 bridgehead atoms. The molecule has 3 aromatic rings. The number of hydrogen-bond acceptors (Lipinski definition) is 7. The first-order valence-electron chi connectivity index (χ1n) is 21.8. The molecule has 1 heterocycles. The number of ether oxygens (including phenoxy) is 3. The van der Waals surface area contributed by atoms with Gasteiger partial charge in [0.05, 0.1) is 12.3 Å². The maximum atomic E-state index is 12.7. The summed E-state index contributed by atoms with van der Waals surface area (Å²) in [7, 11) is 0. The molecule has 9 nitrogen and oxygen atoms in total. The Balaban J connectivity index is 1.72. The topological polar surface area (TPSA) is 136 Å². The van der Waals surface area contributed by atoms with E-state index in [0.717, 1.165) is 70.2 Å². The van der Waals surface area contributed by atoms with Gasteiger partial charge >= 0.3 is 23.9 Å². The van der Waals surface area contributed by atoms with Crippen LogP contribution in [0.25, 0.3) is 12.2 Å². The molecule has 5 atom stereocenters. The Hall–Kier alpha value is -4.92. The monoisotopic (exact) mass is 824 g/mol. The summed E-state index contributed by atoms with van der Waals surface area (Å²) < 4.78 is 17.8. The van der Waals surface area contributed by atoms with Crippen LogP contribution in [0.15, 0.2) is 42.5 Å². The lowest BCUT2D eigenvalue weighted by Gasteiger charge is -2.43. The lowest BCUT2D eigenvalue weighted by Crippen LogP contribution is -2.39. The van der Waals surface area contributed by atoms with Crippen LogP contribution in [0.5, 0.6) is 17.2 Å². The second kappa shape index (κ2) is 21.6. The minimum atomic E-state index is -1.23. The van der Waals surface area contributed by atoms with Gasteiger partial charge in [0.25, 0.3) is 0 Å². The van der Waals surface area contributed by atoms with Crippen LogP contribution in [0.2, 0.25) is 0 Å². The molecular formula is C51H68O9. The van der Waals surface area contributed by atoms with Crippen LogP contribution in [-0.2, 0) is 19.2 Å². The van der Waals surface area contributed by atoms with Crippen molar-refractivity contribution in [3.63, 3.8) is 0 Å². The SMILES string of the molecule is CC(=O)Oc1cc(/C=C/c2ccccc2C2CC(C)(CCCC(C)CCCC(C)CCCC(C)C)Oc3c(C)c(C)c(C(CC(=O)O)C(=O)O)c(C)c32)cc(OC(C)=O)c1. The van der Waals surface area contributed by atoms with Gasteiger partial charge in [-0.2, -0.15) is 0 Å². The molecule has 0 fully saturated rings. The van der Waals surface area contributed by atoms with E-state index in [2.05, 4.69) is 40.7 Å². The van der Waals surface area contributed by atoms with Crippen LogP contribution in [0.1, 0.15) is 175 Å². The molecule has 4 rings (SSSR count). The highest BCUT2D eigenvalue weighted by Crippen LogP contribution is 2.52. The van der Waals surface area contributed by atoms with Crippen LogP contribution < -0.4 is 14.2 Å². The zero-order valence-corrected chi connectivity index (χ0v) is 37.6. The van der Waals surface area contributed by atoms with Crippen molar-refractivity contribution in [3.05, 3.63) is 87.0 Å². The highest BCUT2D eigenvalue weighted by atomic mass is 16.5. The third-order valence-electron chi connectivity index (χ3n) is 12.2. The van der Waals surface area contributed by atoms with Crippen LogP contribution in [0.4, 0.5) is 0 Å². The maximum Gasteiger partial charge on any atom is 0.311 e. The maximum absolute atomic E-state index is 12.7. The molecule has 1 aliphatic heterocycles. The van der Waals surface area contributed by atoms with Gasteiger partial charge in [-0.15, -0.1) is 0 Å². The predicted molar refractivity (Wildman–Crippen MR) is 238 cm³/mol. The first-order valence-corrected chi connectivity index (χ1v) is 21.8. The number of rotatable bonds is 21. The van der Waals surface area contributed by atoms with E-state index in [4.69, 9.17) is 14.2 Å². The number of carboxylic acid groups (broad SMARTS) is 2. The molecule has 0 aromatic heterocycles. The fourth-order valence-electron chi connectivity index (χ4n) is 9.08. The smallest absolute Gasteiger partial charge is 0.311 e. The van der Waals surface area contributed by atoms with Gasteiger partial charge < -0.3 is 24.4 Å². The highest BCUT2D eigenvalue weighted by Gasteiger charge is 2.42. The van der Waals surface area contributed by atoms with E-state index < -0.39 is 41.8 Å². The lowest BCUT2D eigenvalue weighted by atomic mass is 9.71. The second-order valence-electron chi connectivity index (χ2n) is 18.1. The second-order valence-corrected chi connectivity index (χ2v) is 18.1. The Morgan fingerprint density at radius 1 is 0.783 bits per heavy atom. The van der Waals surface area contributed by atoms with Crippen LogP contribution >= 0.6 is 0 Å². The minimum absolute atomic E-state index is 0.212. The largest absolute Gasteiger partial charge is 0.487 e. The lowest BCUT2D eigenvalue weighted by molar-refractivity contribution is -0.145. The van der Waals surface area contributed by atoms with Gasteiger partial charge in [-0.25, -0.2) is 0 Å². The Labute approximate surface area is 357 Å². The molecule has 326 valence electrons. The number of benzene rings is 3. The van der Waals surface area contributed by atoms with Gasteiger partial charge in [-0.3, -0.25) is 19.2 Å². The number of aliphatic carboxylic acids is 2. The first-order chi connectivity index (χ1) is 28.3. The molecule has 0 radical (unpaired) electrons. The Morgan fingerprint density at radius 3 is 1.90 bits per heavy atom. The zero-order chi connectivity index (χ0) is 44.3. The van der Waals surface area contributed by atoms with E-state index in [0.29, 0.717) is 23.5 Å². The molecule has 0 saturated heterocycles. The standard InChI is InChI=1S/C51H68O9/c1-31(2)16-13-17-32(3)18-14-19-33(4)20-15-25-51(10)30-45(48-36(7)47(34(5)35(6)49(48)60-51)44(50(56)57)29-46(54)55)43-22-12-11-21-40(43)24-23-39-26-41(58-37(8)52)28-42(27-39)59-38(9)53/h11-12,21-24,26-28,31-33,44-45H,13-20,25,29-30H2,1-10H3,(H,54,55)(H,56,57)/b24-23+. The third kappa shape index (κ3) is 13.3. The van der Waals surface area contributed by atoms with Gasteiger partial charge in [0.15, 0.2) is 0 Å². The summed E-state index contributed by atoms with van der Waals surface area (Å²) in [5, 5.41) is 20.1. The molecule has 0 amide bonds. The summed E-state index contributed by atoms with van der Waals surface area (Å²) in [6.45, 7) is 19.9. The van der Waals surface area contributed by atoms with E-state index in [9.17, 15) is 29.4 Å². The summed E-state index contributed by atoms with van der Waals surface area (Å²) in [6, 6.07) is 12.9.